The van der Waals surface area contributed by atoms with Crippen LogP contribution in [0.5, 0.6) is 5.75 Å². The van der Waals surface area contributed by atoms with Crippen molar-refractivity contribution in [2.24, 2.45) is 0 Å². The lowest BCUT2D eigenvalue weighted by atomic mass is 9.97. The van der Waals surface area contributed by atoms with Crippen molar-refractivity contribution in [1.82, 2.24) is 19.4 Å². The first-order chi connectivity index (χ1) is 21.8. The molecule has 4 aromatic rings. The van der Waals surface area contributed by atoms with Crippen molar-refractivity contribution in [3.63, 3.8) is 0 Å². The fourth-order valence-corrected chi connectivity index (χ4v) is 6.55. The summed E-state index contributed by atoms with van der Waals surface area (Å²) >= 11 is 0. The molecule has 1 N–H and O–H groups in total. The molecular weight excluding hydrogens is 601 g/mol. The van der Waals surface area contributed by atoms with Crippen LogP contribution < -0.4 is 15.5 Å². The predicted octanol–water partition coefficient (Wildman–Crippen LogP) is 4.57. The van der Waals surface area contributed by atoms with E-state index in [2.05, 4.69) is 16.5 Å². The Labute approximate surface area is 262 Å². The monoisotopic (exact) mass is 632 g/mol. The second-order valence-corrected chi connectivity index (χ2v) is 11.9. The van der Waals surface area contributed by atoms with E-state index in [1.165, 1.54) is 22.9 Å². The van der Waals surface area contributed by atoms with Crippen molar-refractivity contribution in [3.8, 4) is 22.6 Å². The summed E-state index contributed by atoms with van der Waals surface area (Å²) in [5.74, 6) is -6.09. The number of anilines is 2. The van der Waals surface area contributed by atoms with Crippen LogP contribution in [0.2, 0.25) is 0 Å². The molecule has 0 radical (unpaired) electrons. The lowest BCUT2D eigenvalue weighted by Crippen LogP contribution is -2.63. The van der Waals surface area contributed by atoms with Gasteiger partial charge in [0.05, 0.1) is 40.1 Å². The third kappa shape index (κ3) is 4.36. The number of rotatable bonds is 4. The highest BCUT2D eigenvalue weighted by atomic mass is 19.1. The number of hydrogen-bond acceptors (Lipinski definition) is 7. The standard InChI is InChI=1S/C33H31F3N6O4/c1-7-21(44)40-14-19-32(45)39(6)29-24-30(26(36)23(25(29)35)22-18(34)9-8-10-20(22)43)42(28-16(4)11-12-37-27(28)15(2)3)33(46)38-31(24)41(19)13-17(40)5/h7-12,15,17,19,43H,1,13-14H2,2-6H3. The van der Waals surface area contributed by atoms with E-state index in [9.17, 15) is 19.5 Å². The van der Waals surface area contributed by atoms with E-state index in [4.69, 9.17) is 0 Å². The maximum atomic E-state index is 17.2. The SMILES string of the molecule is C=CC(=O)N1CC2C(=O)N(C)c3c(F)c(-c4c(O)cccc4F)c(F)c4c3c(nc(=O)n4-c3c(C)ccnc3C(C)C)N2CC1C. The Bertz CT molecular complexity index is 2020. The molecular formula is C33H31F3N6O4. The number of pyridine rings is 1. The summed E-state index contributed by atoms with van der Waals surface area (Å²) in [4.78, 5) is 53.7. The van der Waals surface area contributed by atoms with E-state index in [1.807, 2.05) is 13.8 Å². The number of hydrogen-bond donors (Lipinski definition) is 1. The molecule has 2 amide bonds. The minimum absolute atomic E-state index is 0.00290. The topological polar surface area (TPSA) is 112 Å². The van der Waals surface area contributed by atoms with Gasteiger partial charge < -0.3 is 19.8 Å². The van der Waals surface area contributed by atoms with Gasteiger partial charge in [-0.2, -0.15) is 4.98 Å². The summed E-state index contributed by atoms with van der Waals surface area (Å²) in [6, 6.07) is 3.18. The fourth-order valence-electron chi connectivity index (χ4n) is 6.55. The van der Waals surface area contributed by atoms with Gasteiger partial charge in [0.15, 0.2) is 11.6 Å². The van der Waals surface area contributed by atoms with Crippen molar-refractivity contribution in [2.45, 2.75) is 45.7 Å². The van der Waals surface area contributed by atoms with Gasteiger partial charge in [-0.3, -0.25) is 19.1 Å². The highest BCUT2D eigenvalue weighted by Crippen LogP contribution is 2.48. The molecule has 13 heteroatoms. The lowest BCUT2D eigenvalue weighted by molar-refractivity contribution is -0.130. The van der Waals surface area contributed by atoms with Crippen LogP contribution in [0, 0.1) is 24.4 Å². The van der Waals surface area contributed by atoms with E-state index < -0.39 is 75.1 Å². The largest absolute Gasteiger partial charge is 0.507 e. The van der Waals surface area contributed by atoms with Crippen LogP contribution in [-0.4, -0.2) is 68.6 Å². The Morgan fingerprint density at radius 2 is 1.80 bits per heavy atom. The van der Waals surface area contributed by atoms with Crippen LogP contribution in [0.3, 0.4) is 0 Å². The Morgan fingerprint density at radius 1 is 1.09 bits per heavy atom. The fraction of sp³-hybridized carbons (Fsp3) is 0.303. The maximum absolute atomic E-state index is 17.2. The number of aryl methyl sites for hydroxylation is 1. The van der Waals surface area contributed by atoms with Gasteiger partial charge in [0.25, 0.3) is 5.91 Å². The highest BCUT2D eigenvalue weighted by molar-refractivity contribution is 6.14. The molecule has 1 fully saturated rings. The van der Waals surface area contributed by atoms with Crippen LogP contribution >= 0.6 is 0 Å². The number of phenolic OH excluding ortho intramolecular Hbond substituents is 1. The Morgan fingerprint density at radius 3 is 2.46 bits per heavy atom. The predicted molar refractivity (Wildman–Crippen MR) is 167 cm³/mol. The summed E-state index contributed by atoms with van der Waals surface area (Å²) in [5.41, 5.74) is -2.49. The van der Waals surface area contributed by atoms with Crippen molar-refractivity contribution >= 4 is 34.2 Å². The van der Waals surface area contributed by atoms with Gasteiger partial charge in [0.1, 0.15) is 28.9 Å². The zero-order valence-electron chi connectivity index (χ0n) is 25.8. The van der Waals surface area contributed by atoms with E-state index in [1.54, 1.807) is 26.1 Å². The number of aromatic hydroxyl groups is 1. The number of nitrogens with zero attached hydrogens (tertiary/aromatic N) is 6. The van der Waals surface area contributed by atoms with Crippen LogP contribution in [0.15, 0.2) is 47.9 Å². The first kappa shape index (κ1) is 30.8. The summed E-state index contributed by atoms with van der Waals surface area (Å²) in [7, 11) is 1.28. The minimum Gasteiger partial charge on any atom is -0.507 e. The lowest BCUT2D eigenvalue weighted by Gasteiger charge is -2.44. The molecule has 2 unspecified atom stereocenters. The number of aromatic nitrogens is 3. The van der Waals surface area contributed by atoms with Gasteiger partial charge in [0.2, 0.25) is 5.91 Å². The maximum Gasteiger partial charge on any atom is 0.354 e. The van der Waals surface area contributed by atoms with Gasteiger partial charge in [-0.25, -0.2) is 18.0 Å². The number of phenols is 1. The molecule has 2 aromatic carbocycles. The van der Waals surface area contributed by atoms with Crippen molar-refractivity contribution in [3.05, 3.63) is 82.3 Å². The van der Waals surface area contributed by atoms with Gasteiger partial charge in [-0.05, 0) is 49.6 Å². The van der Waals surface area contributed by atoms with E-state index in [0.717, 1.165) is 27.7 Å². The van der Waals surface area contributed by atoms with E-state index in [0.29, 0.717) is 11.3 Å². The van der Waals surface area contributed by atoms with Crippen LogP contribution in [0.1, 0.15) is 37.9 Å². The number of amides is 2. The second kappa shape index (κ2) is 11.0. The quantitative estimate of drug-likeness (QED) is 0.328. The molecule has 46 heavy (non-hydrogen) atoms. The molecule has 0 bridgehead atoms. The van der Waals surface area contributed by atoms with E-state index >= 15 is 13.2 Å². The van der Waals surface area contributed by atoms with Crippen molar-refractivity contribution < 1.29 is 27.9 Å². The third-order valence-electron chi connectivity index (χ3n) is 8.75. The number of carbonyl (C=O) groups excluding carboxylic acids is 2. The number of piperazine rings is 1. The molecule has 1 saturated heterocycles. The van der Waals surface area contributed by atoms with Crippen LogP contribution in [0.4, 0.5) is 24.7 Å². The van der Waals surface area contributed by atoms with Gasteiger partial charge >= 0.3 is 5.69 Å². The molecule has 2 aliphatic heterocycles. The summed E-state index contributed by atoms with van der Waals surface area (Å²) in [6.45, 7) is 10.5. The Kier molecular flexibility index (Phi) is 7.37. The third-order valence-corrected chi connectivity index (χ3v) is 8.75. The van der Waals surface area contributed by atoms with Gasteiger partial charge in [-0.1, -0.05) is 26.5 Å². The molecule has 10 nitrogen and oxygen atoms in total. The first-order valence-electron chi connectivity index (χ1n) is 14.7. The normalized spacial score (nSPS) is 17.8. The van der Waals surface area contributed by atoms with Crippen molar-refractivity contribution in [2.75, 3.05) is 29.9 Å². The van der Waals surface area contributed by atoms with Crippen LogP contribution in [-0.2, 0) is 9.59 Å². The van der Waals surface area contributed by atoms with E-state index in [-0.39, 0.29) is 35.9 Å². The number of fused-ring (bicyclic) bond motifs is 2. The van der Waals surface area contributed by atoms with Crippen molar-refractivity contribution in [1.29, 1.82) is 0 Å². The first-order valence-corrected chi connectivity index (χ1v) is 14.7. The number of carbonyl (C=O) groups is 2. The molecule has 0 aliphatic carbocycles. The van der Waals surface area contributed by atoms with Gasteiger partial charge in [0, 0.05) is 25.8 Å². The average molecular weight is 633 g/mol. The summed E-state index contributed by atoms with van der Waals surface area (Å²) in [6.07, 6.45) is 2.66. The smallest absolute Gasteiger partial charge is 0.354 e. The summed E-state index contributed by atoms with van der Waals surface area (Å²) < 4.78 is 50.5. The number of benzene rings is 2. The number of halogens is 3. The number of likely N-dealkylation sites (N-methyl/N-ethyl adjacent to an activating group) is 1. The molecule has 2 atom stereocenters. The molecule has 2 aromatic heterocycles. The molecule has 0 saturated carbocycles. The molecule has 238 valence electrons. The van der Waals surface area contributed by atoms with Gasteiger partial charge in [-0.15, -0.1) is 0 Å². The minimum atomic E-state index is -1.34. The second-order valence-electron chi connectivity index (χ2n) is 11.9. The molecule has 4 heterocycles. The summed E-state index contributed by atoms with van der Waals surface area (Å²) in [5, 5.41) is 10.5. The zero-order valence-corrected chi connectivity index (χ0v) is 25.8. The molecule has 6 rings (SSSR count). The average Bonchev–Trinajstić information content (AvgIpc) is 3.09. The molecule has 0 spiro atoms. The van der Waals surface area contributed by atoms with Crippen LogP contribution in [0.25, 0.3) is 27.7 Å². The Balaban J connectivity index is 1.83. The Hall–Kier alpha value is -5.20. The zero-order chi connectivity index (χ0) is 33.4. The highest BCUT2D eigenvalue weighted by Gasteiger charge is 2.45. The molecule has 2 aliphatic rings.